The molecule has 2 saturated heterocycles. The van der Waals surface area contributed by atoms with Crippen LogP contribution in [0.15, 0.2) is 30.3 Å². The van der Waals surface area contributed by atoms with Crippen LogP contribution in [-0.2, 0) is 16.0 Å². The molecule has 1 aliphatic carbocycles. The Labute approximate surface area is 212 Å². The Bertz CT molecular complexity index is 806. The van der Waals surface area contributed by atoms with Gasteiger partial charge in [-0.05, 0) is 75.9 Å². The monoisotopic (exact) mass is 482 g/mol. The van der Waals surface area contributed by atoms with E-state index in [4.69, 9.17) is 0 Å². The van der Waals surface area contributed by atoms with Gasteiger partial charge >= 0.3 is 0 Å². The predicted molar refractivity (Wildman–Crippen MR) is 141 cm³/mol. The standard InChI is InChI=1S/C29H46N4O2/c1-3-25(30-2)28(34)31-27(24-13-8-5-9-14-24)29(35)33-20-17-23-15-10-18-32(21-26(23)33)19-16-22-11-6-4-7-12-22/h4,6-7,11-12,23-27,30H,3,5,8-10,13-21H2,1-2H3,(H,31,34)/t23-,25+,26-,27-/m1/s1. The van der Waals surface area contributed by atoms with Crippen molar-refractivity contribution in [3.05, 3.63) is 35.9 Å². The minimum absolute atomic E-state index is 0.0278. The molecule has 0 bridgehead atoms. The maximum Gasteiger partial charge on any atom is 0.245 e. The van der Waals surface area contributed by atoms with Crippen LogP contribution in [0.1, 0.15) is 70.3 Å². The SMILES string of the molecule is CC[C@H](NC)C(=O)N[C@@H](C(=O)N1CC[C@H]2CCCN(CCc3ccccc3)C[C@H]21)C1CCCCC1. The molecule has 1 saturated carbocycles. The Balaban J connectivity index is 1.46. The van der Waals surface area contributed by atoms with Crippen LogP contribution in [0.5, 0.6) is 0 Å². The molecule has 4 rings (SSSR count). The second kappa shape index (κ2) is 12.9. The summed E-state index contributed by atoms with van der Waals surface area (Å²) in [6, 6.07) is 10.4. The van der Waals surface area contributed by atoms with Gasteiger partial charge in [0, 0.05) is 25.7 Å². The first-order valence-electron chi connectivity index (χ1n) is 14.1. The summed E-state index contributed by atoms with van der Waals surface area (Å²) in [5, 5.41) is 6.34. The van der Waals surface area contributed by atoms with Crippen molar-refractivity contribution in [1.82, 2.24) is 20.4 Å². The number of amides is 2. The number of carbonyl (C=O) groups excluding carboxylic acids is 2. The summed E-state index contributed by atoms with van der Waals surface area (Å²) in [4.78, 5) is 31.9. The maximum atomic E-state index is 14.1. The number of rotatable bonds is 9. The van der Waals surface area contributed by atoms with Gasteiger partial charge in [-0.1, -0.05) is 56.5 Å². The van der Waals surface area contributed by atoms with Crippen molar-refractivity contribution in [2.75, 3.05) is 33.2 Å². The van der Waals surface area contributed by atoms with Crippen LogP contribution in [0.2, 0.25) is 0 Å². The van der Waals surface area contributed by atoms with Crippen LogP contribution in [0, 0.1) is 11.8 Å². The van der Waals surface area contributed by atoms with Gasteiger partial charge in [-0.2, -0.15) is 0 Å². The van der Waals surface area contributed by atoms with E-state index in [2.05, 4.69) is 50.8 Å². The number of likely N-dealkylation sites (N-methyl/N-ethyl adjacent to an activating group) is 1. The smallest absolute Gasteiger partial charge is 0.245 e. The molecule has 0 aromatic heterocycles. The predicted octanol–water partition coefficient (Wildman–Crippen LogP) is 3.61. The Kier molecular flexibility index (Phi) is 9.61. The van der Waals surface area contributed by atoms with E-state index >= 15 is 0 Å². The summed E-state index contributed by atoms with van der Waals surface area (Å²) in [5.74, 6) is 0.992. The molecule has 6 heteroatoms. The van der Waals surface area contributed by atoms with E-state index in [-0.39, 0.29) is 35.9 Å². The van der Waals surface area contributed by atoms with Gasteiger partial charge < -0.3 is 20.4 Å². The molecule has 2 aliphatic heterocycles. The van der Waals surface area contributed by atoms with Crippen LogP contribution in [0.4, 0.5) is 0 Å². The van der Waals surface area contributed by atoms with Crippen LogP contribution in [0.25, 0.3) is 0 Å². The highest BCUT2D eigenvalue weighted by molar-refractivity contribution is 5.90. The summed E-state index contributed by atoms with van der Waals surface area (Å²) < 4.78 is 0. The lowest BCUT2D eigenvalue weighted by Crippen LogP contribution is -2.58. The second-order valence-electron chi connectivity index (χ2n) is 11.0. The summed E-state index contributed by atoms with van der Waals surface area (Å²) >= 11 is 0. The fourth-order valence-corrected chi connectivity index (χ4v) is 6.65. The molecule has 2 amide bonds. The van der Waals surface area contributed by atoms with E-state index in [9.17, 15) is 9.59 Å². The van der Waals surface area contributed by atoms with Gasteiger partial charge in [-0.3, -0.25) is 9.59 Å². The number of hydrogen-bond acceptors (Lipinski definition) is 4. The number of benzene rings is 1. The molecule has 4 atom stereocenters. The van der Waals surface area contributed by atoms with Crippen molar-refractivity contribution < 1.29 is 9.59 Å². The largest absolute Gasteiger partial charge is 0.343 e. The van der Waals surface area contributed by atoms with Crippen molar-refractivity contribution in [1.29, 1.82) is 0 Å². The number of nitrogens with zero attached hydrogens (tertiary/aromatic N) is 2. The van der Waals surface area contributed by atoms with E-state index in [0.717, 1.165) is 71.1 Å². The number of fused-ring (bicyclic) bond motifs is 1. The van der Waals surface area contributed by atoms with Gasteiger partial charge in [0.05, 0.1) is 6.04 Å². The first-order valence-corrected chi connectivity index (χ1v) is 14.1. The third-order valence-electron chi connectivity index (χ3n) is 8.78. The first kappa shape index (κ1) is 26.2. The molecule has 3 aliphatic rings. The topological polar surface area (TPSA) is 64.7 Å². The van der Waals surface area contributed by atoms with Gasteiger partial charge in [-0.25, -0.2) is 0 Å². The summed E-state index contributed by atoms with van der Waals surface area (Å²) in [7, 11) is 1.83. The van der Waals surface area contributed by atoms with Gasteiger partial charge in [0.2, 0.25) is 11.8 Å². The number of nitrogens with one attached hydrogen (secondary N) is 2. The normalized spacial score (nSPS) is 25.5. The zero-order chi connectivity index (χ0) is 24.6. The maximum absolute atomic E-state index is 14.1. The number of hydrogen-bond donors (Lipinski definition) is 2. The molecule has 35 heavy (non-hydrogen) atoms. The van der Waals surface area contributed by atoms with Gasteiger partial charge in [0.15, 0.2) is 0 Å². The minimum Gasteiger partial charge on any atom is -0.343 e. The summed E-state index contributed by atoms with van der Waals surface area (Å²) in [6.45, 7) is 5.97. The van der Waals surface area contributed by atoms with Crippen molar-refractivity contribution in [2.45, 2.75) is 89.3 Å². The third kappa shape index (κ3) is 6.65. The highest BCUT2D eigenvalue weighted by atomic mass is 16.2. The fourth-order valence-electron chi connectivity index (χ4n) is 6.65. The Hall–Kier alpha value is -1.92. The molecule has 1 aromatic carbocycles. The van der Waals surface area contributed by atoms with Crippen molar-refractivity contribution in [3.8, 4) is 0 Å². The Morgan fingerprint density at radius 2 is 1.77 bits per heavy atom. The molecule has 2 N–H and O–H groups in total. The van der Waals surface area contributed by atoms with Crippen molar-refractivity contribution in [2.24, 2.45) is 11.8 Å². The number of carbonyl (C=O) groups is 2. The first-order chi connectivity index (χ1) is 17.1. The number of likely N-dealkylation sites (tertiary alicyclic amines) is 2. The quantitative estimate of drug-likeness (QED) is 0.564. The molecule has 0 spiro atoms. The molecule has 2 heterocycles. The average Bonchev–Trinajstić information content (AvgIpc) is 3.18. The lowest BCUT2D eigenvalue weighted by Gasteiger charge is -2.37. The van der Waals surface area contributed by atoms with E-state index < -0.39 is 0 Å². The molecule has 6 nitrogen and oxygen atoms in total. The van der Waals surface area contributed by atoms with E-state index in [1.807, 2.05) is 14.0 Å². The molecule has 0 radical (unpaired) electrons. The van der Waals surface area contributed by atoms with Crippen LogP contribution < -0.4 is 10.6 Å². The van der Waals surface area contributed by atoms with Gasteiger partial charge in [0.1, 0.15) is 6.04 Å². The summed E-state index contributed by atoms with van der Waals surface area (Å²) in [5.41, 5.74) is 1.38. The highest BCUT2D eigenvalue weighted by Crippen LogP contribution is 2.34. The lowest BCUT2D eigenvalue weighted by molar-refractivity contribution is -0.140. The van der Waals surface area contributed by atoms with Crippen LogP contribution in [0.3, 0.4) is 0 Å². The average molecular weight is 483 g/mol. The molecular formula is C29H46N4O2. The Morgan fingerprint density at radius 1 is 1.00 bits per heavy atom. The Morgan fingerprint density at radius 3 is 2.49 bits per heavy atom. The van der Waals surface area contributed by atoms with Crippen LogP contribution in [-0.4, -0.2) is 73.0 Å². The fraction of sp³-hybridized carbons (Fsp3) is 0.724. The molecule has 194 valence electrons. The van der Waals surface area contributed by atoms with E-state index in [1.165, 1.54) is 24.8 Å². The second-order valence-corrected chi connectivity index (χ2v) is 11.0. The zero-order valence-electron chi connectivity index (χ0n) is 21.9. The molecular weight excluding hydrogens is 436 g/mol. The molecule has 1 aromatic rings. The summed E-state index contributed by atoms with van der Waals surface area (Å²) in [6.07, 6.45) is 10.9. The minimum atomic E-state index is -0.384. The van der Waals surface area contributed by atoms with Crippen molar-refractivity contribution in [3.63, 3.8) is 0 Å². The van der Waals surface area contributed by atoms with Gasteiger partial charge in [0.25, 0.3) is 0 Å². The van der Waals surface area contributed by atoms with E-state index in [1.54, 1.807) is 0 Å². The van der Waals surface area contributed by atoms with E-state index in [0.29, 0.717) is 5.92 Å². The lowest BCUT2D eigenvalue weighted by atomic mass is 9.83. The molecule has 3 fully saturated rings. The van der Waals surface area contributed by atoms with Crippen LogP contribution >= 0.6 is 0 Å². The zero-order valence-corrected chi connectivity index (χ0v) is 21.9. The third-order valence-corrected chi connectivity index (χ3v) is 8.78. The molecule has 0 unspecified atom stereocenters. The van der Waals surface area contributed by atoms with Crippen molar-refractivity contribution >= 4 is 11.8 Å². The highest BCUT2D eigenvalue weighted by Gasteiger charge is 2.43. The van der Waals surface area contributed by atoms with Gasteiger partial charge in [-0.15, -0.1) is 0 Å².